The predicted molar refractivity (Wildman–Crippen MR) is 98.0 cm³/mol. The van der Waals surface area contributed by atoms with Gasteiger partial charge in [-0.15, -0.1) is 0 Å². The monoisotopic (exact) mass is 336 g/mol. The normalized spacial score (nSPS) is 15.0. The van der Waals surface area contributed by atoms with Crippen molar-refractivity contribution in [1.82, 2.24) is 9.88 Å². The van der Waals surface area contributed by atoms with Crippen molar-refractivity contribution in [1.29, 1.82) is 0 Å². The van der Waals surface area contributed by atoms with Crippen molar-refractivity contribution in [3.8, 4) is 11.1 Å². The van der Waals surface area contributed by atoms with E-state index in [9.17, 15) is 9.18 Å². The molecule has 3 aromatic rings. The van der Waals surface area contributed by atoms with Crippen LogP contribution in [0.1, 0.15) is 36.0 Å². The third-order valence-corrected chi connectivity index (χ3v) is 5.30. The zero-order valence-corrected chi connectivity index (χ0v) is 14.3. The number of H-pyrrole nitrogens is 1. The molecule has 0 spiro atoms. The van der Waals surface area contributed by atoms with Gasteiger partial charge < -0.3 is 9.88 Å². The summed E-state index contributed by atoms with van der Waals surface area (Å²) in [6, 6.07) is 13.0. The van der Waals surface area contributed by atoms with Gasteiger partial charge in [0.15, 0.2) is 0 Å². The van der Waals surface area contributed by atoms with Crippen LogP contribution < -0.4 is 0 Å². The average molecular weight is 336 g/mol. The fourth-order valence-electron chi connectivity index (χ4n) is 3.77. The van der Waals surface area contributed by atoms with Gasteiger partial charge in [0.25, 0.3) is 5.91 Å². The minimum absolute atomic E-state index is 0.0417. The van der Waals surface area contributed by atoms with Gasteiger partial charge in [-0.2, -0.15) is 0 Å². The van der Waals surface area contributed by atoms with Gasteiger partial charge in [0.05, 0.1) is 0 Å². The number of hydrogen-bond donors (Lipinski definition) is 1. The maximum absolute atomic E-state index is 14.7. The lowest BCUT2D eigenvalue weighted by Gasteiger charge is -2.24. The fourth-order valence-corrected chi connectivity index (χ4v) is 3.77. The molecule has 128 valence electrons. The summed E-state index contributed by atoms with van der Waals surface area (Å²) < 4.78 is 14.7. The van der Waals surface area contributed by atoms with E-state index in [1.807, 2.05) is 30.1 Å². The third-order valence-electron chi connectivity index (χ3n) is 5.30. The van der Waals surface area contributed by atoms with Crippen LogP contribution in [0.25, 0.3) is 22.0 Å². The maximum Gasteiger partial charge on any atom is 0.253 e. The van der Waals surface area contributed by atoms with E-state index < -0.39 is 0 Å². The van der Waals surface area contributed by atoms with Crippen molar-refractivity contribution in [2.24, 2.45) is 0 Å². The van der Waals surface area contributed by atoms with Gasteiger partial charge in [-0.05, 0) is 48.7 Å². The Morgan fingerprint density at radius 2 is 1.80 bits per heavy atom. The molecule has 1 heterocycles. The van der Waals surface area contributed by atoms with Gasteiger partial charge in [0.1, 0.15) is 5.82 Å². The first kappa shape index (κ1) is 15.9. The van der Waals surface area contributed by atoms with E-state index in [-0.39, 0.29) is 11.7 Å². The Balaban J connectivity index is 1.60. The number of nitrogens with zero attached hydrogens (tertiary/aromatic N) is 1. The molecule has 3 nitrogen and oxygen atoms in total. The van der Waals surface area contributed by atoms with Crippen LogP contribution in [0.3, 0.4) is 0 Å². The number of halogens is 1. The number of nitrogens with one attached hydrogen (secondary N) is 1. The van der Waals surface area contributed by atoms with Crippen molar-refractivity contribution < 1.29 is 9.18 Å². The van der Waals surface area contributed by atoms with Crippen molar-refractivity contribution >= 4 is 16.8 Å². The van der Waals surface area contributed by atoms with Gasteiger partial charge in [-0.25, -0.2) is 4.39 Å². The number of aromatic amines is 1. The summed E-state index contributed by atoms with van der Waals surface area (Å²) >= 11 is 0. The zero-order valence-electron chi connectivity index (χ0n) is 14.3. The van der Waals surface area contributed by atoms with E-state index in [1.165, 1.54) is 12.8 Å². The summed E-state index contributed by atoms with van der Waals surface area (Å²) in [4.78, 5) is 17.5. The van der Waals surface area contributed by atoms with E-state index >= 15 is 0 Å². The van der Waals surface area contributed by atoms with Crippen LogP contribution in [0, 0.1) is 5.82 Å². The molecule has 0 atom stereocenters. The van der Waals surface area contributed by atoms with Crippen LogP contribution in [0.15, 0.2) is 48.7 Å². The molecule has 0 aliphatic heterocycles. The Morgan fingerprint density at radius 1 is 1.08 bits per heavy atom. The Labute approximate surface area is 146 Å². The minimum atomic E-state index is -0.235. The zero-order chi connectivity index (χ0) is 17.4. The predicted octanol–water partition coefficient (Wildman–Crippen LogP) is 4.99. The molecule has 0 bridgehead atoms. The number of carbonyl (C=O) groups is 1. The first-order chi connectivity index (χ1) is 12.1. The summed E-state index contributed by atoms with van der Waals surface area (Å²) in [6.45, 7) is 0. The van der Waals surface area contributed by atoms with Crippen LogP contribution in [-0.2, 0) is 0 Å². The number of carbonyl (C=O) groups excluding carboxylic acids is 1. The Morgan fingerprint density at radius 3 is 2.52 bits per heavy atom. The molecule has 1 fully saturated rings. The van der Waals surface area contributed by atoms with Crippen LogP contribution >= 0.6 is 0 Å². The number of fused-ring (bicyclic) bond motifs is 1. The van der Waals surface area contributed by atoms with Crippen molar-refractivity contribution in [3.63, 3.8) is 0 Å². The number of benzene rings is 2. The van der Waals surface area contributed by atoms with Gasteiger partial charge in [-0.1, -0.05) is 25.0 Å². The first-order valence-corrected chi connectivity index (χ1v) is 8.78. The Bertz CT molecular complexity index is 907. The molecular weight excluding hydrogens is 315 g/mol. The molecule has 0 radical (unpaired) electrons. The summed E-state index contributed by atoms with van der Waals surface area (Å²) in [7, 11) is 1.88. The van der Waals surface area contributed by atoms with E-state index in [4.69, 9.17) is 0 Å². The molecule has 1 aliphatic rings. The van der Waals surface area contributed by atoms with E-state index in [2.05, 4.69) is 4.98 Å². The second kappa shape index (κ2) is 6.36. The first-order valence-electron chi connectivity index (χ1n) is 8.78. The fraction of sp³-hybridized carbons (Fsp3) is 0.286. The highest BCUT2D eigenvalue weighted by Gasteiger charge is 2.24. The van der Waals surface area contributed by atoms with Gasteiger partial charge in [-0.3, -0.25) is 4.79 Å². The molecule has 4 rings (SSSR count). The molecule has 0 saturated heterocycles. The van der Waals surface area contributed by atoms with Crippen LogP contribution in [0.5, 0.6) is 0 Å². The quantitative estimate of drug-likeness (QED) is 0.719. The molecule has 1 amide bonds. The highest BCUT2D eigenvalue weighted by molar-refractivity contribution is 5.95. The molecule has 1 aliphatic carbocycles. The lowest BCUT2D eigenvalue weighted by molar-refractivity contribution is 0.0735. The number of aromatic nitrogens is 1. The second-order valence-corrected chi connectivity index (χ2v) is 6.80. The molecule has 1 N–H and O–H groups in total. The molecule has 2 aromatic carbocycles. The van der Waals surface area contributed by atoms with E-state index in [1.54, 1.807) is 30.5 Å². The summed E-state index contributed by atoms with van der Waals surface area (Å²) in [5.74, 6) is -0.194. The van der Waals surface area contributed by atoms with Crippen molar-refractivity contribution in [2.45, 2.75) is 31.7 Å². The summed E-state index contributed by atoms with van der Waals surface area (Å²) in [6.07, 6.45) is 6.30. The lowest BCUT2D eigenvalue weighted by atomic mass is 10.0. The molecule has 1 aromatic heterocycles. The number of rotatable bonds is 3. The largest absolute Gasteiger partial charge is 0.361 e. The topological polar surface area (TPSA) is 36.1 Å². The lowest BCUT2D eigenvalue weighted by Crippen LogP contribution is -2.35. The van der Waals surface area contributed by atoms with Crippen LogP contribution in [-0.4, -0.2) is 28.9 Å². The van der Waals surface area contributed by atoms with Crippen molar-refractivity contribution in [2.75, 3.05) is 7.05 Å². The van der Waals surface area contributed by atoms with Crippen LogP contribution in [0.4, 0.5) is 4.39 Å². The van der Waals surface area contributed by atoms with Gasteiger partial charge in [0, 0.05) is 41.3 Å². The molecule has 4 heteroatoms. The SMILES string of the molecule is CN(C(=O)c1ccc(-c2ccc3[nH]ccc3c2F)cc1)C1CCCC1. The van der Waals surface area contributed by atoms with Gasteiger partial charge in [0.2, 0.25) is 0 Å². The third kappa shape index (κ3) is 2.82. The highest BCUT2D eigenvalue weighted by atomic mass is 19.1. The minimum Gasteiger partial charge on any atom is -0.361 e. The second-order valence-electron chi connectivity index (χ2n) is 6.80. The Kier molecular flexibility index (Phi) is 4.04. The average Bonchev–Trinajstić information content (AvgIpc) is 3.33. The molecule has 0 unspecified atom stereocenters. The number of hydrogen-bond acceptors (Lipinski definition) is 1. The smallest absolute Gasteiger partial charge is 0.253 e. The van der Waals surface area contributed by atoms with Crippen molar-refractivity contribution in [3.05, 3.63) is 60.0 Å². The molecular formula is C21H21FN2O. The number of amides is 1. The summed E-state index contributed by atoms with van der Waals surface area (Å²) in [5.41, 5.74) is 2.77. The molecule has 25 heavy (non-hydrogen) atoms. The Hall–Kier alpha value is -2.62. The van der Waals surface area contributed by atoms with Gasteiger partial charge >= 0.3 is 0 Å². The van der Waals surface area contributed by atoms with E-state index in [0.717, 1.165) is 23.9 Å². The van der Waals surface area contributed by atoms with Crippen LogP contribution in [0.2, 0.25) is 0 Å². The van der Waals surface area contributed by atoms with E-state index in [0.29, 0.717) is 22.6 Å². The summed E-state index contributed by atoms with van der Waals surface area (Å²) in [5, 5.41) is 0.582. The highest BCUT2D eigenvalue weighted by Crippen LogP contribution is 2.29. The maximum atomic E-state index is 14.7. The standard InChI is InChI=1S/C21H21FN2O/c1-24(16-4-2-3-5-16)21(25)15-8-6-14(7-9-15)17-10-11-19-18(20(17)22)12-13-23-19/h6-13,16,23H,2-5H2,1H3. The molecule has 1 saturated carbocycles.